The normalized spacial score (nSPS) is 10.3. The van der Waals surface area contributed by atoms with Crippen molar-refractivity contribution in [3.63, 3.8) is 0 Å². The third-order valence-electron chi connectivity index (χ3n) is 3.27. The second kappa shape index (κ2) is 8.48. The standard InChI is InChI=1S/C15H8BrS.3ClH.Zr/c16-10-5-6-12-13(8-10)17-14-7-9-3-1-2-4-11(9)15(12)14;;;;/h1-5,8H,7H2;3*1H;/q-1;;;;+4/p-3. The van der Waals surface area contributed by atoms with Gasteiger partial charge in [0.25, 0.3) is 0 Å². The Balaban J connectivity index is 0.000001000. The summed E-state index contributed by atoms with van der Waals surface area (Å²) in [5.74, 6) is 0. The van der Waals surface area contributed by atoms with Gasteiger partial charge in [-0.2, -0.15) is 0 Å². The first-order valence-corrected chi connectivity index (χ1v) is 7.15. The number of hydrogen-bond acceptors (Lipinski definition) is 1. The minimum atomic E-state index is 0. The van der Waals surface area contributed by atoms with Gasteiger partial charge in [-0.05, 0) is 16.9 Å². The summed E-state index contributed by atoms with van der Waals surface area (Å²) in [6, 6.07) is 16.3. The van der Waals surface area contributed by atoms with Crippen LogP contribution in [0.1, 0.15) is 10.4 Å². The predicted octanol–water partition coefficient (Wildman–Crippen LogP) is -3.96. The van der Waals surface area contributed by atoms with Crippen LogP contribution in [0.2, 0.25) is 0 Å². The van der Waals surface area contributed by atoms with Crippen LogP contribution in [0.5, 0.6) is 0 Å². The zero-order valence-corrected chi connectivity index (χ0v) is 17.7. The Morgan fingerprint density at radius 1 is 1.10 bits per heavy atom. The molecule has 0 saturated heterocycles. The van der Waals surface area contributed by atoms with Crippen molar-refractivity contribution in [2.24, 2.45) is 0 Å². The van der Waals surface area contributed by atoms with Crippen molar-refractivity contribution < 1.29 is 63.4 Å². The molecule has 1 aromatic heterocycles. The molecule has 1 aliphatic carbocycles. The average molecular weight is 498 g/mol. The van der Waals surface area contributed by atoms with Gasteiger partial charge in [0.2, 0.25) is 0 Å². The third kappa shape index (κ3) is 3.60. The van der Waals surface area contributed by atoms with Crippen LogP contribution < -0.4 is 37.2 Å². The van der Waals surface area contributed by atoms with Gasteiger partial charge in [-0.15, -0.1) is 39.5 Å². The van der Waals surface area contributed by atoms with Gasteiger partial charge >= 0.3 is 26.2 Å². The van der Waals surface area contributed by atoms with Crippen molar-refractivity contribution in [2.45, 2.75) is 6.42 Å². The molecule has 3 aromatic rings. The molecule has 0 saturated carbocycles. The molecule has 0 N–H and O–H groups in total. The average Bonchev–Trinajstić information content (AvgIpc) is 2.83. The Morgan fingerprint density at radius 2 is 1.81 bits per heavy atom. The minimum Gasteiger partial charge on any atom is -1.00 e. The summed E-state index contributed by atoms with van der Waals surface area (Å²) in [5.41, 5.74) is 4.26. The van der Waals surface area contributed by atoms with E-state index < -0.39 is 0 Å². The van der Waals surface area contributed by atoms with E-state index in [1.54, 1.807) is 0 Å². The Morgan fingerprint density at radius 3 is 2.57 bits per heavy atom. The summed E-state index contributed by atoms with van der Waals surface area (Å²) in [4.78, 5) is 1.48. The van der Waals surface area contributed by atoms with E-state index in [2.05, 4.69) is 52.3 Å². The molecule has 0 nitrogen and oxygen atoms in total. The molecule has 0 radical (unpaired) electrons. The molecular formula is C15H8BrCl3SZr. The first-order valence-electron chi connectivity index (χ1n) is 5.54. The number of hydrogen-bond donors (Lipinski definition) is 0. The molecule has 0 aliphatic heterocycles. The van der Waals surface area contributed by atoms with Crippen molar-refractivity contribution in [1.29, 1.82) is 0 Å². The second-order valence-electron chi connectivity index (χ2n) is 4.29. The van der Waals surface area contributed by atoms with Crippen molar-refractivity contribution >= 4 is 37.4 Å². The smallest absolute Gasteiger partial charge is 1.00 e. The molecule has 2 aromatic carbocycles. The van der Waals surface area contributed by atoms with E-state index in [1.807, 2.05) is 17.4 Å². The summed E-state index contributed by atoms with van der Waals surface area (Å²) in [6.45, 7) is 0. The monoisotopic (exact) mass is 494 g/mol. The fourth-order valence-corrected chi connectivity index (χ4v) is 4.30. The maximum Gasteiger partial charge on any atom is 4.00 e. The van der Waals surface area contributed by atoms with E-state index in [9.17, 15) is 0 Å². The van der Waals surface area contributed by atoms with Crippen LogP contribution in [-0.2, 0) is 32.6 Å². The van der Waals surface area contributed by atoms with Crippen molar-refractivity contribution in [3.8, 4) is 11.1 Å². The molecule has 1 aliphatic rings. The number of thiophene rings is 1. The largest absolute Gasteiger partial charge is 4.00 e. The van der Waals surface area contributed by atoms with Gasteiger partial charge in [-0.1, -0.05) is 44.6 Å². The molecule has 0 spiro atoms. The summed E-state index contributed by atoms with van der Waals surface area (Å²) in [5, 5.41) is 1.28. The molecule has 4 rings (SSSR count). The van der Waals surface area contributed by atoms with Crippen LogP contribution >= 0.6 is 27.3 Å². The molecular weight excluding hydrogens is 490 g/mol. The van der Waals surface area contributed by atoms with E-state index in [1.165, 1.54) is 31.7 Å². The van der Waals surface area contributed by atoms with Crippen LogP contribution in [0, 0.1) is 6.07 Å². The maximum atomic E-state index is 3.51. The van der Waals surface area contributed by atoms with Crippen molar-refractivity contribution in [3.05, 3.63) is 57.4 Å². The second-order valence-corrected chi connectivity index (χ2v) is 6.34. The zero-order chi connectivity index (χ0) is 11.4. The fourth-order valence-electron chi connectivity index (χ4n) is 2.55. The zero-order valence-electron chi connectivity index (χ0n) is 10.6. The van der Waals surface area contributed by atoms with Gasteiger partial charge in [-0.25, -0.2) is 11.3 Å². The molecule has 0 unspecified atom stereocenters. The number of benzene rings is 2. The molecule has 106 valence electrons. The number of halogens is 4. The van der Waals surface area contributed by atoms with Crippen LogP contribution in [0.4, 0.5) is 0 Å². The molecule has 1 heterocycles. The molecule has 0 amide bonds. The Bertz CT molecular complexity index is 758. The maximum absolute atomic E-state index is 3.51. The molecule has 0 bridgehead atoms. The van der Waals surface area contributed by atoms with Crippen LogP contribution in [0.3, 0.4) is 0 Å². The van der Waals surface area contributed by atoms with Gasteiger partial charge in [0, 0.05) is 0 Å². The quantitative estimate of drug-likeness (QED) is 0.218. The minimum absolute atomic E-state index is 0. The van der Waals surface area contributed by atoms with E-state index in [-0.39, 0.29) is 63.4 Å². The summed E-state index contributed by atoms with van der Waals surface area (Å²) in [6.07, 6.45) is 1.08. The first-order chi connectivity index (χ1) is 8.33. The van der Waals surface area contributed by atoms with E-state index in [0.717, 1.165) is 10.9 Å². The number of rotatable bonds is 0. The van der Waals surface area contributed by atoms with Crippen LogP contribution in [0.25, 0.3) is 21.2 Å². The third-order valence-corrected chi connectivity index (χ3v) is 4.86. The van der Waals surface area contributed by atoms with Gasteiger partial charge in [0.05, 0.1) is 0 Å². The van der Waals surface area contributed by atoms with E-state index in [0.29, 0.717) is 0 Å². The summed E-state index contributed by atoms with van der Waals surface area (Å²) < 4.78 is 2.44. The SMILES string of the molecule is Brc1c[c-]c2c3c(sc2c1)Cc1ccccc1-3.[Cl-].[Cl-].[Cl-].[Zr+4]. The van der Waals surface area contributed by atoms with Crippen molar-refractivity contribution in [1.82, 2.24) is 0 Å². The fraction of sp³-hybridized carbons (Fsp3) is 0.0667. The van der Waals surface area contributed by atoms with Gasteiger partial charge < -0.3 is 37.2 Å². The Kier molecular flexibility index (Phi) is 8.73. The molecule has 6 heteroatoms. The van der Waals surface area contributed by atoms with Crippen LogP contribution in [-0.4, -0.2) is 0 Å². The van der Waals surface area contributed by atoms with Gasteiger partial charge in [-0.3, -0.25) is 0 Å². The molecule has 0 fully saturated rings. The van der Waals surface area contributed by atoms with E-state index >= 15 is 0 Å². The number of fused-ring (bicyclic) bond motifs is 5. The van der Waals surface area contributed by atoms with E-state index in [4.69, 9.17) is 0 Å². The topological polar surface area (TPSA) is 0 Å². The van der Waals surface area contributed by atoms with Crippen molar-refractivity contribution in [2.75, 3.05) is 0 Å². The molecule has 21 heavy (non-hydrogen) atoms. The predicted molar refractivity (Wildman–Crippen MR) is 76.6 cm³/mol. The summed E-state index contributed by atoms with van der Waals surface area (Å²) in [7, 11) is 0. The Hall–Kier alpha value is 0.633. The van der Waals surface area contributed by atoms with Gasteiger partial charge in [0.15, 0.2) is 0 Å². The first kappa shape index (κ1) is 21.6. The summed E-state index contributed by atoms with van der Waals surface area (Å²) >= 11 is 5.41. The van der Waals surface area contributed by atoms with Gasteiger partial charge in [0.1, 0.15) is 0 Å². The van der Waals surface area contributed by atoms with Crippen LogP contribution in [0.15, 0.2) is 40.9 Å². The Labute approximate surface area is 174 Å². The molecule has 0 atom stereocenters.